The minimum Gasteiger partial charge on any atom is -0.378 e. The zero-order valence-corrected chi connectivity index (χ0v) is 14.9. The number of nitrogens with one attached hydrogen (secondary N) is 2. The number of carbonyl (C=O) groups is 1. The van der Waals surface area contributed by atoms with Gasteiger partial charge in [-0.15, -0.1) is 0 Å². The summed E-state index contributed by atoms with van der Waals surface area (Å²) in [5.41, 5.74) is 5.09. The third-order valence-corrected chi connectivity index (χ3v) is 4.89. The molecule has 2 heterocycles. The van der Waals surface area contributed by atoms with Gasteiger partial charge in [0.2, 0.25) is 5.91 Å². The van der Waals surface area contributed by atoms with Gasteiger partial charge >= 0.3 is 0 Å². The first-order valence-corrected chi connectivity index (χ1v) is 9.00. The van der Waals surface area contributed by atoms with Crippen LogP contribution in [0.4, 0.5) is 11.4 Å². The largest absolute Gasteiger partial charge is 0.378 e. The van der Waals surface area contributed by atoms with Gasteiger partial charge in [-0.25, -0.2) is 0 Å². The number of aryl methyl sites for hydroxylation is 1. The number of H-pyrrole nitrogens is 1. The fourth-order valence-electron chi connectivity index (χ4n) is 3.58. The topological polar surface area (TPSA) is 57.4 Å². The lowest BCUT2D eigenvalue weighted by Gasteiger charge is -2.30. The number of amides is 1. The Morgan fingerprint density at radius 1 is 1.12 bits per heavy atom. The smallest absolute Gasteiger partial charge is 0.228 e. The molecule has 2 aromatic carbocycles. The molecule has 4 rings (SSSR count). The summed E-state index contributed by atoms with van der Waals surface area (Å²) >= 11 is 0. The van der Waals surface area contributed by atoms with Crippen LogP contribution < -0.4 is 10.2 Å². The lowest BCUT2D eigenvalue weighted by molar-refractivity contribution is -0.115. The molecule has 1 aliphatic rings. The van der Waals surface area contributed by atoms with Gasteiger partial charge in [-0.2, -0.15) is 0 Å². The minimum atomic E-state index is -0.00133. The molecule has 1 amide bonds. The van der Waals surface area contributed by atoms with E-state index in [0.717, 1.165) is 59.8 Å². The maximum Gasteiger partial charge on any atom is 0.228 e. The lowest BCUT2D eigenvalue weighted by Crippen LogP contribution is -2.36. The molecule has 0 saturated carbocycles. The maximum absolute atomic E-state index is 12.7. The Bertz CT molecular complexity index is 926. The van der Waals surface area contributed by atoms with Gasteiger partial charge in [0.15, 0.2) is 0 Å². The number of rotatable bonds is 4. The Balaban J connectivity index is 1.54. The van der Waals surface area contributed by atoms with Crippen molar-refractivity contribution in [3.63, 3.8) is 0 Å². The Kier molecular flexibility index (Phi) is 4.63. The number of nitrogens with zero attached hydrogens (tertiary/aromatic N) is 1. The minimum absolute atomic E-state index is 0.00133. The normalized spacial score (nSPS) is 14.6. The summed E-state index contributed by atoms with van der Waals surface area (Å²) in [6.45, 7) is 5.14. The summed E-state index contributed by atoms with van der Waals surface area (Å²) in [6.07, 6.45) is 0.354. The van der Waals surface area contributed by atoms with Gasteiger partial charge < -0.3 is 19.9 Å². The van der Waals surface area contributed by atoms with E-state index in [0.29, 0.717) is 6.42 Å². The van der Waals surface area contributed by atoms with Gasteiger partial charge in [0.25, 0.3) is 0 Å². The second-order valence-corrected chi connectivity index (χ2v) is 6.62. The zero-order chi connectivity index (χ0) is 17.9. The first-order valence-electron chi connectivity index (χ1n) is 9.00. The number of morpholine rings is 1. The molecule has 26 heavy (non-hydrogen) atoms. The van der Waals surface area contributed by atoms with Crippen LogP contribution in [0.25, 0.3) is 10.9 Å². The molecule has 0 spiro atoms. The molecule has 0 aliphatic carbocycles. The molecular weight excluding hydrogens is 326 g/mol. The lowest BCUT2D eigenvalue weighted by atomic mass is 10.1. The third kappa shape index (κ3) is 3.30. The van der Waals surface area contributed by atoms with Crippen molar-refractivity contribution in [1.82, 2.24) is 4.98 Å². The maximum atomic E-state index is 12.7. The highest BCUT2D eigenvalue weighted by Gasteiger charge is 2.17. The summed E-state index contributed by atoms with van der Waals surface area (Å²) in [7, 11) is 0. The Morgan fingerprint density at radius 3 is 2.69 bits per heavy atom. The molecule has 3 aromatic rings. The Morgan fingerprint density at radius 2 is 1.85 bits per heavy atom. The molecule has 134 valence electrons. The number of hydrogen-bond acceptors (Lipinski definition) is 3. The number of anilines is 2. The van der Waals surface area contributed by atoms with Gasteiger partial charge in [0, 0.05) is 29.7 Å². The van der Waals surface area contributed by atoms with Crippen molar-refractivity contribution in [2.24, 2.45) is 0 Å². The number of ether oxygens (including phenoxy) is 1. The van der Waals surface area contributed by atoms with E-state index >= 15 is 0 Å². The quantitative estimate of drug-likeness (QED) is 0.758. The monoisotopic (exact) mass is 349 g/mol. The molecule has 1 aliphatic heterocycles. The summed E-state index contributed by atoms with van der Waals surface area (Å²) in [6, 6.07) is 16.1. The summed E-state index contributed by atoms with van der Waals surface area (Å²) in [5.74, 6) is -0.00133. The van der Waals surface area contributed by atoms with Crippen LogP contribution in [0, 0.1) is 6.92 Å². The van der Waals surface area contributed by atoms with E-state index < -0.39 is 0 Å². The molecule has 5 heteroatoms. The van der Waals surface area contributed by atoms with E-state index in [2.05, 4.69) is 27.3 Å². The number of hydrogen-bond donors (Lipinski definition) is 2. The highest BCUT2D eigenvalue weighted by atomic mass is 16.5. The molecule has 0 bridgehead atoms. The van der Waals surface area contributed by atoms with Gasteiger partial charge in [0.1, 0.15) is 0 Å². The van der Waals surface area contributed by atoms with Crippen LogP contribution in [-0.4, -0.2) is 37.2 Å². The number of carbonyl (C=O) groups excluding carboxylic acids is 1. The summed E-state index contributed by atoms with van der Waals surface area (Å²) in [4.78, 5) is 18.4. The first-order chi connectivity index (χ1) is 12.7. The first kappa shape index (κ1) is 16.7. The van der Waals surface area contributed by atoms with E-state index in [9.17, 15) is 4.79 Å². The van der Waals surface area contributed by atoms with E-state index in [1.54, 1.807) is 0 Å². The van der Waals surface area contributed by atoms with Gasteiger partial charge in [-0.05, 0) is 30.7 Å². The number of aromatic amines is 1. The molecule has 0 radical (unpaired) electrons. The molecule has 5 nitrogen and oxygen atoms in total. The second-order valence-electron chi connectivity index (χ2n) is 6.62. The predicted molar refractivity (Wildman–Crippen MR) is 105 cm³/mol. The second kappa shape index (κ2) is 7.22. The van der Waals surface area contributed by atoms with Crippen LogP contribution in [0.2, 0.25) is 0 Å². The number of benzene rings is 2. The molecule has 1 fully saturated rings. The zero-order valence-electron chi connectivity index (χ0n) is 14.9. The van der Waals surface area contributed by atoms with Gasteiger partial charge in [0.05, 0.1) is 31.0 Å². The summed E-state index contributed by atoms with van der Waals surface area (Å²) < 4.78 is 5.43. The van der Waals surface area contributed by atoms with Crippen molar-refractivity contribution in [2.75, 3.05) is 36.5 Å². The van der Waals surface area contributed by atoms with Crippen molar-refractivity contribution < 1.29 is 9.53 Å². The van der Waals surface area contributed by atoms with Crippen molar-refractivity contribution in [3.8, 4) is 0 Å². The van der Waals surface area contributed by atoms with Crippen molar-refractivity contribution in [3.05, 3.63) is 59.8 Å². The molecule has 1 saturated heterocycles. The van der Waals surface area contributed by atoms with E-state index in [1.165, 1.54) is 0 Å². The Labute approximate surface area is 153 Å². The fourth-order valence-corrected chi connectivity index (χ4v) is 3.58. The van der Waals surface area contributed by atoms with Gasteiger partial charge in [-0.1, -0.05) is 30.3 Å². The summed E-state index contributed by atoms with van der Waals surface area (Å²) in [5, 5.41) is 4.22. The van der Waals surface area contributed by atoms with Crippen molar-refractivity contribution in [1.29, 1.82) is 0 Å². The Hall–Kier alpha value is -2.79. The standard InChI is InChI=1S/C21H23N3O2/c1-15-17(16-6-2-3-7-18(16)22-15)14-21(25)23-19-8-4-5-9-20(19)24-10-12-26-13-11-24/h2-9,22H,10-14H2,1H3,(H,23,25). The highest BCUT2D eigenvalue weighted by molar-refractivity contribution is 5.98. The van der Waals surface area contributed by atoms with Crippen molar-refractivity contribution >= 4 is 28.2 Å². The van der Waals surface area contributed by atoms with E-state index in [-0.39, 0.29) is 5.91 Å². The molecular formula is C21H23N3O2. The fraction of sp³-hybridized carbons (Fsp3) is 0.286. The third-order valence-electron chi connectivity index (χ3n) is 4.89. The average Bonchev–Trinajstić information content (AvgIpc) is 2.98. The van der Waals surface area contributed by atoms with Crippen LogP contribution in [0.15, 0.2) is 48.5 Å². The van der Waals surface area contributed by atoms with Crippen LogP contribution in [0.5, 0.6) is 0 Å². The van der Waals surface area contributed by atoms with E-state index in [1.807, 2.05) is 43.3 Å². The molecule has 1 aromatic heterocycles. The molecule has 0 unspecified atom stereocenters. The number of para-hydroxylation sites is 3. The number of aromatic nitrogens is 1. The van der Waals surface area contributed by atoms with Crippen LogP contribution in [0.1, 0.15) is 11.3 Å². The SMILES string of the molecule is Cc1[nH]c2ccccc2c1CC(=O)Nc1ccccc1N1CCOCC1. The van der Waals surface area contributed by atoms with Gasteiger partial charge in [-0.3, -0.25) is 4.79 Å². The average molecular weight is 349 g/mol. The van der Waals surface area contributed by atoms with Crippen molar-refractivity contribution in [2.45, 2.75) is 13.3 Å². The number of fused-ring (bicyclic) bond motifs is 1. The van der Waals surface area contributed by atoms with E-state index in [4.69, 9.17) is 4.74 Å². The van der Waals surface area contributed by atoms with Crippen LogP contribution in [0.3, 0.4) is 0 Å². The molecule has 2 N–H and O–H groups in total. The predicted octanol–water partition coefficient (Wildman–Crippen LogP) is 3.49. The molecule has 0 atom stereocenters. The highest BCUT2D eigenvalue weighted by Crippen LogP contribution is 2.27. The van der Waals surface area contributed by atoms with Crippen LogP contribution >= 0.6 is 0 Å². The van der Waals surface area contributed by atoms with Crippen LogP contribution in [-0.2, 0) is 16.0 Å².